The summed E-state index contributed by atoms with van der Waals surface area (Å²) in [6.07, 6.45) is 9.91. The topological polar surface area (TPSA) is 67.0 Å². The molecule has 5 rings (SSSR count). The van der Waals surface area contributed by atoms with Crippen molar-refractivity contribution in [1.29, 1.82) is 0 Å². The number of methoxy groups -OCH3 is 2. The average Bonchev–Trinajstić information content (AvgIpc) is 3.48. The van der Waals surface area contributed by atoms with Gasteiger partial charge in [-0.2, -0.15) is 5.10 Å². The van der Waals surface area contributed by atoms with Crippen molar-refractivity contribution in [2.24, 2.45) is 0 Å². The van der Waals surface area contributed by atoms with Gasteiger partial charge in [0.1, 0.15) is 17.3 Å². The van der Waals surface area contributed by atoms with E-state index in [0.29, 0.717) is 0 Å². The van der Waals surface area contributed by atoms with Crippen molar-refractivity contribution in [3.8, 4) is 17.2 Å². The van der Waals surface area contributed by atoms with Crippen LogP contribution in [0.4, 0.5) is 0 Å². The number of aromatic nitrogens is 5. The lowest BCUT2D eigenvalue weighted by Crippen LogP contribution is -2.17. The van der Waals surface area contributed by atoms with Crippen LogP contribution in [0, 0.1) is 6.92 Å². The van der Waals surface area contributed by atoms with E-state index >= 15 is 0 Å². The molecule has 0 radical (unpaired) electrons. The van der Waals surface area contributed by atoms with Crippen molar-refractivity contribution in [3.63, 3.8) is 0 Å². The molecule has 7 nitrogen and oxygen atoms in total. The summed E-state index contributed by atoms with van der Waals surface area (Å²) in [4.78, 5) is 9.17. The second-order valence-electron chi connectivity index (χ2n) is 8.21. The Morgan fingerprint density at radius 1 is 1.03 bits per heavy atom. The van der Waals surface area contributed by atoms with E-state index in [-0.39, 0.29) is 5.92 Å². The Morgan fingerprint density at radius 2 is 1.88 bits per heavy atom. The summed E-state index contributed by atoms with van der Waals surface area (Å²) >= 11 is 0. The normalized spacial score (nSPS) is 15.5. The van der Waals surface area contributed by atoms with Gasteiger partial charge in [0.15, 0.2) is 5.82 Å². The molecule has 7 heteroatoms. The van der Waals surface area contributed by atoms with Crippen LogP contribution in [-0.2, 0) is 6.54 Å². The van der Waals surface area contributed by atoms with Crippen LogP contribution in [0.25, 0.3) is 17.8 Å². The third-order valence-electron chi connectivity index (χ3n) is 6.03. The van der Waals surface area contributed by atoms with Crippen molar-refractivity contribution in [2.45, 2.75) is 32.2 Å². The molecule has 0 unspecified atom stereocenters. The van der Waals surface area contributed by atoms with Crippen molar-refractivity contribution in [2.75, 3.05) is 14.2 Å². The minimum absolute atomic E-state index is 0.248. The molecule has 0 N–H and O–H groups in total. The van der Waals surface area contributed by atoms with Crippen molar-refractivity contribution >= 4 is 12.2 Å². The molecule has 0 bridgehead atoms. The SMILES string of the molecule is COc1ccc([C@H]2CCCn3nc(C=Cc4ccc(-n5cnc(C)c5)c(OC)c4)nc32)cc1. The Labute approximate surface area is 193 Å². The number of aryl methyl sites for hydroxylation is 2. The standard InChI is InChI=1S/C26H27N5O2/c1-18-16-30(17-27-18)23-12-6-19(15-24(23)33-3)7-13-25-28-26-22(5-4-14-31(26)29-25)20-8-10-21(32-2)11-9-20/h6-13,15-17,22H,4-5,14H2,1-3H3/t22-/m1/s1. The third kappa shape index (κ3) is 4.26. The van der Waals surface area contributed by atoms with E-state index in [0.717, 1.165) is 59.5 Å². The highest BCUT2D eigenvalue weighted by Gasteiger charge is 2.25. The van der Waals surface area contributed by atoms with Gasteiger partial charge in [0.05, 0.1) is 31.9 Å². The molecule has 0 aliphatic carbocycles. The number of nitrogens with zero attached hydrogens (tertiary/aromatic N) is 5. The molecular weight excluding hydrogens is 414 g/mol. The Hall–Kier alpha value is -3.87. The number of hydrogen-bond acceptors (Lipinski definition) is 5. The molecule has 1 aliphatic heterocycles. The molecule has 0 spiro atoms. The molecule has 168 valence electrons. The van der Waals surface area contributed by atoms with Crippen molar-refractivity contribution in [1.82, 2.24) is 24.3 Å². The average molecular weight is 442 g/mol. The number of benzene rings is 2. The highest BCUT2D eigenvalue weighted by molar-refractivity contribution is 5.69. The largest absolute Gasteiger partial charge is 0.497 e. The minimum atomic E-state index is 0.248. The van der Waals surface area contributed by atoms with Gasteiger partial charge in [-0.25, -0.2) is 14.6 Å². The van der Waals surface area contributed by atoms with Gasteiger partial charge in [0, 0.05) is 18.7 Å². The number of hydrogen-bond donors (Lipinski definition) is 0. The predicted octanol–water partition coefficient (Wildman–Crippen LogP) is 4.89. The maximum atomic E-state index is 5.62. The maximum absolute atomic E-state index is 5.62. The second kappa shape index (κ2) is 8.94. The highest BCUT2D eigenvalue weighted by atomic mass is 16.5. The quantitative estimate of drug-likeness (QED) is 0.426. The molecule has 1 atom stereocenters. The summed E-state index contributed by atoms with van der Waals surface area (Å²) in [5, 5.41) is 4.74. The molecule has 0 fully saturated rings. The van der Waals surface area contributed by atoms with Gasteiger partial charge >= 0.3 is 0 Å². The van der Waals surface area contributed by atoms with Gasteiger partial charge in [-0.05, 0) is 61.2 Å². The Kier molecular flexibility index (Phi) is 5.69. The molecule has 0 amide bonds. The number of imidazole rings is 1. The van der Waals surface area contributed by atoms with Crippen LogP contribution < -0.4 is 9.47 Å². The van der Waals surface area contributed by atoms with Gasteiger partial charge in [-0.3, -0.25) is 0 Å². The summed E-state index contributed by atoms with van der Waals surface area (Å²) in [6, 6.07) is 14.4. The monoisotopic (exact) mass is 441 g/mol. The summed E-state index contributed by atoms with van der Waals surface area (Å²) in [5.41, 5.74) is 4.18. The lowest BCUT2D eigenvalue weighted by atomic mass is 9.91. The van der Waals surface area contributed by atoms with Gasteiger partial charge in [0.25, 0.3) is 0 Å². The first-order valence-corrected chi connectivity index (χ1v) is 11.1. The lowest BCUT2D eigenvalue weighted by molar-refractivity contribution is 0.413. The van der Waals surface area contributed by atoms with Crippen molar-refractivity contribution in [3.05, 3.63) is 83.5 Å². The zero-order valence-electron chi connectivity index (χ0n) is 19.1. The van der Waals surface area contributed by atoms with Crippen molar-refractivity contribution < 1.29 is 9.47 Å². The van der Waals surface area contributed by atoms with Gasteiger partial charge in [-0.1, -0.05) is 24.3 Å². The van der Waals surface area contributed by atoms with Crippen LogP contribution in [0.15, 0.2) is 55.0 Å². The number of rotatable bonds is 6. The van der Waals surface area contributed by atoms with Crippen LogP contribution in [-0.4, -0.2) is 38.5 Å². The molecule has 2 aromatic carbocycles. The van der Waals surface area contributed by atoms with Crippen LogP contribution in [0.1, 0.15) is 47.2 Å². The van der Waals surface area contributed by atoms with Crippen LogP contribution in [0.2, 0.25) is 0 Å². The summed E-state index contributed by atoms with van der Waals surface area (Å²) in [7, 11) is 3.37. The maximum Gasteiger partial charge on any atom is 0.174 e. The van der Waals surface area contributed by atoms with E-state index < -0.39 is 0 Å². The predicted molar refractivity (Wildman–Crippen MR) is 128 cm³/mol. The molecule has 3 heterocycles. The van der Waals surface area contributed by atoms with E-state index in [1.807, 2.05) is 58.8 Å². The van der Waals surface area contributed by atoms with Gasteiger partial charge in [-0.15, -0.1) is 0 Å². The molecular formula is C26H27N5O2. The second-order valence-corrected chi connectivity index (χ2v) is 8.21. The van der Waals surface area contributed by atoms with Crippen LogP contribution in [0.3, 0.4) is 0 Å². The Morgan fingerprint density at radius 3 is 2.61 bits per heavy atom. The fourth-order valence-electron chi connectivity index (χ4n) is 4.33. The Bertz CT molecular complexity index is 1290. The van der Waals surface area contributed by atoms with E-state index in [2.05, 4.69) is 23.2 Å². The van der Waals surface area contributed by atoms with E-state index in [1.54, 1.807) is 20.5 Å². The molecule has 2 aromatic heterocycles. The van der Waals surface area contributed by atoms with Gasteiger partial charge < -0.3 is 14.0 Å². The van der Waals surface area contributed by atoms with Crippen LogP contribution in [0.5, 0.6) is 11.5 Å². The first-order chi connectivity index (χ1) is 16.1. The minimum Gasteiger partial charge on any atom is -0.497 e. The van der Waals surface area contributed by atoms with E-state index in [9.17, 15) is 0 Å². The first-order valence-electron chi connectivity index (χ1n) is 11.1. The third-order valence-corrected chi connectivity index (χ3v) is 6.03. The van der Waals surface area contributed by atoms with E-state index in [1.165, 1.54) is 5.56 Å². The smallest absolute Gasteiger partial charge is 0.174 e. The number of ether oxygens (including phenoxy) is 2. The lowest BCUT2D eigenvalue weighted by Gasteiger charge is -2.22. The highest BCUT2D eigenvalue weighted by Crippen LogP contribution is 2.33. The zero-order chi connectivity index (χ0) is 22.8. The molecule has 33 heavy (non-hydrogen) atoms. The molecule has 1 aliphatic rings. The summed E-state index contributed by atoms with van der Waals surface area (Å²) < 4.78 is 14.9. The summed E-state index contributed by atoms with van der Waals surface area (Å²) in [6.45, 7) is 2.87. The zero-order valence-corrected chi connectivity index (χ0v) is 19.1. The fourth-order valence-corrected chi connectivity index (χ4v) is 4.33. The van der Waals surface area contributed by atoms with Gasteiger partial charge in [0.2, 0.25) is 0 Å². The molecule has 0 saturated carbocycles. The number of fused-ring (bicyclic) bond motifs is 1. The first kappa shape index (κ1) is 21.0. The Balaban J connectivity index is 1.39. The molecule has 0 saturated heterocycles. The van der Waals surface area contributed by atoms with Crippen LogP contribution >= 0.6 is 0 Å². The van der Waals surface area contributed by atoms with E-state index in [4.69, 9.17) is 19.6 Å². The summed E-state index contributed by atoms with van der Waals surface area (Å²) in [5.74, 6) is 3.64. The molecule has 4 aromatic rings. The fraction of sp³-hybridized carbons (Fsp3) is 0.269.